The summed E-state index contributed by atoms with van der Waals surface area (Å²) in [4.78, 5) is 29.1. The number of amides is 2. The van der Waals surface area contributed by atoms with Crippen LogP contribution in [0, 0.1) is 5.82 Å². The normalized spacial score (nSPS) is 14.4. The van der Waals surface area contributed by atoms with Crippen LogP contribution >= 0.6 is 0 Å². The van der Waals surface area contributed by atoms with Crippen LogP contribution in [0.5, 0.6) is 5.75 Å². The number of hydrogen-bond donors (Lipinski definition) is 1. The average Bonchev–Trinajstić information content (AvgIpc) is 3.58. The molecule has 2 amide bonds. The summed E-state index contributed by atoms with van der Waals surface area (Å²) in [6, 6.07) is 18.9. The molecule has 9 heteroatoms. The van der Waals surface area contributed by atoms with Crippen LogP contribution in [-0.2, 0) is 16.1 Å². The highest BCUT2D eigenvalue weighted by atomic mass is 19.1. The molecule has 1 N–H and O–H groups in total. The summed E-state index contributed by atoms with van der Waals surface area (Å²) in [5.74, 6) is -0.830. The van der Waals surface area contributed by atoms with Crippen molar-refractivity contribution in [2.45, 2.75) is 44.3 Å². The molecule has 0 spiro atoms. The summed E-state index contributed by atoms with van der Waals surface area (Å²) in [6.45, 7) is -0.186. The molecule has 190 valence electrons. The van der Waals surface area contributed by atoms with Crippen molar-refractivity contribution in [2.24, 2.45) is 0 Å². The molecule has 0 radical (unpaired) electrons. The Morgan fingerprint density at radius 3 is 2.49 bits per heavy atom. The number of halogens is 1. The molecule has 1 heterocycles. The van der Waals surface area contributed by atoms with Crippen LogP contribution < -0.4 is 15.0 Å². The van der Waals surface area contributed by atoms with E-state index in [0.717, 1.165) is 25.7 Å². The fourth-order valence-electron chi connectivity index (χ4n) is 4.86. The number of fused-ring (bicyclic) bond motifs is 1. The first kappa shape index (κ1) is 24.4. The lowest BCUT2D eigenvalue weighted by Gasteiger charge is -2.32. The van der Waals surface area contributed by atoms with E-state index in [1.807, 2.05) is 24.3 Å². The lowest BCUT2D eigenvalue weighted by molar-refractivity contribution is -0.127. The standard InChI is InChI=1S/C28H28FN5O3/c1-37-21-16-14-20(15-17-21)34(26(35)18-33-25-13-7-6-12-24(25)31-32-33)27(22-10-4-5-11-23(22)29)28(36)30-19-8-2-3-9-19/h4-7,10-17,19,27H,2-3,8-9,18H2,1H3,(H,30,36). The van der Waals surface area contributed by atoms with E-state index >= 15 is 4.39 Å². The first-order valence-electron chi connectivity index (χ1n) is 12.3. The highest BCUT2D eigenvalue weighted by Crippen LogP contribution is 2.32. The number of methoxy groups -OCH3 is 1. The molecule has 37 heavy (non-hydrogen) atoms. The van der Waals surface area contributed by atoms with E-state index in [0.29, 0.717) is 22.5 Å². The quantitative estimate of drug-likeness (QED) is 0.386. The van der Waals surface area contributed by atoms with Crippen LogP contribution in [0.2, 0.25) is 0 Å². The summed E-state index contributed by atoms with van der Waals surface area (Å²) >= 11 is 0. The maximum Gasteiger partial charge on any atom is 0.249 e. The van der Waals surface area contributed by atoms with E-state index in [4.69, 9.17) is 4.74 Å². The highest BCUT2D eigenvalue weighted by molar-refractivity contribution is 6.01. The van der Waals surface area contributed by atoms with Gasteiger partial charge in [0.1, 0.15) is 29.7 Å². The first-order chi connectivity index (χ1) is 18.0. The molecule has 1 saturated carbocycles. The Labute approximate surface area is 214 Å². The molecule has 0 aliphatic heterocycles. The van der Waals surface area contributed by atoms with E-state index in [-0.39, 0.29) is 18.2 Å². The molecule has 5 rings (SSSR count). The van der Waals surface area contributed by atoms with Crippen molar-refractivity contribution in [2.75, 3.05) is 12.0 Å². The van der Waals surface area contributed by atoms with Crippen LogP contribution in [0.4, 0.5) is 10.1 Å². The van der Waals surface area contributed by atoms with Crippen LogP contribution in [-0.4, -0.2) is 40.0 Å². The van der Waals surface area contributed by atoms with E-state index in [2.05, 4.69) is 15.6 Å². The number of carbonyl (C=O) groups excluding carboxylic acids is 2. The lowest BCUT2D eigenvalue weighted by Crippen LogP contribution is -2.47. The Morgan fingerprint density at radius 1 is 1.05 bits per heavy atom. The Bertz CT molecular complexity index is 1400. The van der Waals surface area contributed by atoms with Gasteiger partial charge in [-0.15, -0.1) is 5.10 Å². The predicted molar refractivity (Wildman–Crippen MR) is 138 cm³/mol. The van der Waals surface area contributed by atoms with Gasteiger partial charge in [0.2, 0.25) is 11.8 Å². The van der Waals surface area contributed by atoms with Gasteiger partial charge in [0, 0.05) is 17.3 Å². The highest BCUT2D eigenvalue weighted by Gasteiger charge is 2.36. The number of rotatable bonds is 8. The van der Waals surface area contributed by atoms with E-state index in [9.17, 15) is 9.59 Å². The summed E-state index contributed by atoms with van der Waals surface area (Å²) in [6.07, 6.45) is 3.76. The van der Waals surface area contributed by atoms with Crippen molar-refractivity contribution in [3.8, 4) is 5.75 Å². The lowest BCUT2D eigenvalue weighted by atomic mass is 10.0. The first-order valence-corrected chi connectivity index (χ1v) is 12.3. The molecule has 1 aliphatic rings. The van der Waals surface area contributed by atoms with Gasteiger partial charge in [0.05, 0.1) is 12.6 Å². The molecule has 4 aromatic rings. The number of benzene rings is 3. The Balaban J connectivity index is 1.58. The molecule has 1 unspecified atom stereocenters. The van der Waals surface area contributed by atoms with Gasteiger partial charge < -0.3 is 10.1 Å². The SMILES string of the molecule is COc1ccc(N(C(=O)Cn2nnc3ccccc32)C(C(=O)NC2CCCC2)c2ccccc2F)cc1. The number of carbonyl (C=O) groups is 2. The van der Waals surface area contributed by atoms with Crippen LogP contribution in [0.15, 0.2) is 72.8 Å². The molecule has 1 fully saturated rings. The number of para-hydroxylation sites is 1. The average molecular weight is 502 g/mol. The predicted octanol–water partition coefficient (Wildman–Crippen LogP) is 4.41. The minimum absolute atomic E-state index is 0.00569. The minimum atomic E-state index is -1.22. The van der Waals surface area contributed by atoms with Gasteiger partial charge in [-0.3, -0.25) is 14.5 Å². The molecule has 3 aromatic carbocycles. The molecule has 8 nitrogen and oxygen atoms in total. The summed E-state index contributed by atoms with van der Waals surface area (Å²) < 4.78 is 22.0. The Kier molecular flexibility index (Phi) is 7.11. The second-order valence-electron chi connectivity index (χ2n) is 9.11. The molecule has 0 saturated heterocycles. The third kappa shape index (κ3) is 5.16. The largest absolute Gasteiger partial charge is 0.497 e. The molecular weight excluding hydrogens is 473 g/mol. The van der Waals surface area contributed by atoms with Gasteiger partial charge in [-0.2, -0.15) is 0 Å². The third-order valence-corrected chi connectivity index (χ3v) is 6.73. The second-order valence-corrected chi connectivity index (χ2v) is 9.11. The van der Waals surface area contributed by atoms with Gasteiger partial charge in [-0.05, 0) is 55.3 Å². The number of nitrogens with one attached hydrogen (secondary N) is 1. The second kappa shape index (κ2) is 10.8. The number of aromatic nitrogens is 3. The van der Waals surface area contributed by atoms with Crippen molar-refractivity contribution < 1.29 is 18.7 Å². The van der Waals surface area contributed by atoms with E-state index < -0.39 is 23.7 Å². The Hall–Kier alpha value is -4.27. The molecule has 1 atom stereocenters. The van der Waals surface area contributed by atoms with Crippen molar-refractivity contribution in [1.82, 2.24) is 20.3 Å². The molecular formula is C28H28FN5O3. The van der Waals surface area contributed by atoms with Gasteiger partial charge in [-0.1, -0.05) is 48.4 Å². The zero-order valence-electron chi connectivity index (χ0n) is 20.5. The number of ether oxygens (including phenoxy) is 1. The monoisotopic (exact) mass is 501 g/mol. The number of hydrogen-bond acceptors (Lipinski definition) is 5. The van der Waals surface area contributed by atoms with Gasteiger partial charge in [0.25, 0.3) is 0 Å². The molecule has 0 bridgehead atoms. The van der Waals surface area contributed by atoms with Crippen LogP contribution in [0.25, 0.3) is 11.0 Å². The topological polar surface area (TPSA) is 89.3 Å². The maximum absolute atomic E-state index is 15.2. The zero-order valence-corrected chi connectivity index (χ0v) is 20.5. The van der Waals surface area contributed by atoms with Gasteiger partial charge >= 0.3 is 0 Å². The van der Waals surface area contributed by atoms with Crippen molar-refractivity contribution in [1.29, 1.82) is 0 Å². The van der Waals surface area contributed by atoms with Gasteiger partial charge in [-0.25, -0.2) is 9.07 Å². The third-order valence-electron chi connectivity index (χ3n) is 6.73. The fourth-order valence-corrected chi connectivity index (χ4v) is 4.86. The van der Waals surface area contributed by atoms with Crippen LogP contribution in [0.3, 0.4) is 0 Å². The van der Waals surface area contributed by atoms with E-state index in [1.165, 1.54) is 15.6 Å². The minimum Gasteiger partial charge on any atom is -0.497 e. The maximum atomic E-state index is 15.2. The van der Waals surface area contributed by atoms with Crippen molar-refractivity contribution in [3.63, 3.8) is 0 Å². The van der Waals surface area contributed by atoms with Gasteiger partial charge in [0.15, 0.2) is 0 Å². The van der Waals surface area contributed by atoms with Crippen molar-refractivity contribution in [3.05, 3.63) is 84.2 Å². The summed E-state index contributed by atoms with van der Waals surface area (Å²) in [5.41, 5.74) is 1.88. The molecule has 1 aliphatic carbocycles. The summed E-state index contributed by atoms with van der Waals surface area (Å²) in [5, 5.41) is 11.3. The van der Waals surface area contributed by atoms with Crippen LogP contribution in [0.1, 0.15) is 37.3 Å². The van der Waals surface area contributed by atoms with Crippen molar-refractivity contribution >= 4 is 28.5 Å². The number of nitrogens with zero attached hydrogens (tertiary/aromatic N) is 4. The summed E-state index contributed by atoms with van der Waals surface area (Å²) in [7, 11) is 1.55. The smallest absolute Gasteiger partial charge is 0.249 e. The van der Waals surface area contributed by atoms with E-state index in [1.54, 1.807) is 49.6 Å². The fraction of sp³-hybridized carbons (Fsp3) is 0.286. The Morgan fingerprint density at radius 2 is 1.76 bits per heavy atom. The molecule has 1 aromatic heterocycles. The number of anilines is 1. The zero-order chi connectivity index (χ0) is 25.8.